The predicted molar refractivity (Wildman–Crippen MR) is 78.4 cm³/mol. The van der Waals surface area contributed by atoms with E-state index in [9.17, 15) is 0 Å². The van der Waals surface area contributed by atoms with E-state index in [1.807, 2.05) is 0 Å². The number of hydrogen-bond donors (Lipinski definition) is 1. The monoisotopic (exact) mass is 266 g/mol. The van der Waals surface area contributed by atoms with Gasteiger partial charge in [-0.15, -0.1) is 0 Å². The first-order valence-electron chi connectivity index (χ1n) is 8.15. The predicted octanol–water partition coefficient (Wildman–Crippen LogP) is 2.55. The van der Waals surface area contributed by atoms with Gasteiger partial charge in [0, 0.05) is 30.7 Å². The van der Waals surface area contributed by atoms with Gasteiger partial charge in [-0.3, -0.25) is 4.90 Å². The van der Waals surface area contributed by atoms with Gasteiger partial charge in [-0.1, -0.05) is 12.8 Å². The number of hydrogen-bond acceptors (Lipinski definition) is 3. The van der Waals surface area contributed by atoms with Crippen LogP contribution in [0.5, 0.6) is 0 Å². The van der Waals surface area contributed by atoms with Crippen LogP contribution >= 0.6 is 0 Å². The lowest BCUT2D eigenvalue weighted by molar-refractivity contribution is -0.0269. The molecule has 1 N–H and O–H groups in total. The molecule has 1 saturated carbocycles. The van der Waals surface area contributed by atoms with Gasteiger partial charge < -0.3 is 10.1 Å². The van der Waals surface area contributed by atoms with Crippen molar-refractivity contribution in [1.82, 2.24) is 10.2 Å². The summed E-state index contributed by atoms with van der Waals surface area (Å²) < 4.78 is 6.05. The van der Waals surface area contributed by atoms with Gasteiger partial charge in [0.25, 0.3) is 0 Å². The van der Waals surface area contributed by atoms with E-state index in [0.717, 1.165) is 13.1 Å². The molecule has 19 heavy (non-hydrogen) atoms. The number of piperazine rings is 1. The maximum absolute atomic E-state index is 6.05. The summed E-state index contributed by atoms with van der Waals surface area (Å²) >= 11 is 0. The fourth-order valence-corrected chi connectivity index (χ4v) is 4.11. The molecule has 2 heterocycles. The van der Waals surface area contributed by atoms with Crippen molar-refractivity contribution < 1.29 is 4.74 Å². The van der Waals surface area contributed by atoms with Crippen molar-refractivity contribution in [3.8, 4) is 0 Å². The first-order chi connectivity index (χ1) is 8.99. The molecule has 0 aromatic carbocycles. The Balaban J connectivity index is 1.66. The summed E-state index contributed by atoms with van der Waals surface area (Å²) in [5.74, 6) is 0. The van der Waals surface area contributed by atoms with E-state index in [1.165, 1.54) is 45.1 Å². The quantitative estimate of drug-likeness (QED) is 0.831. The molecule has 3 nitrogen and oxygen atoms in total. The van der Waals surface area contributed by atoms with Crippen LogP contribution in [0.2, 0.25) is 0 Å². The number of nitrogens with zero attached hydrogens (tertiary/aromatic N) is 1. The fourth-order valence-electron chi connectivity index (χ4n) is 4.11. The first kappa shape index (κ1) is 13.8. The molecule has 0 amide bonds. The van der Waals surface area contributed by atoms with Crippen molar-refractivity contribution in [3.05, 3.63) is 0 Å². The fraction of sp³-hybridized carbons (Fsp3) is 1.00. The molecule has 2 unspecified atom stereocenters. The smallest absolute Gasteiger partial charge is 0.0706 e. The highest BCUT2D eigenvalue weighted by Gasteiger charge is 2.44. The maximum Gasteiger partial charge on any atom is 0.0706 e. The zero-order valence-corrected chi connectivity index (χ0v) is 12.9. The van der Waals surface area contributed by atoms with Gasteiger partial charge in [-0.25, -0.2) is 0 Å². The van der Waals surface area contributed by atoms with Gasteiger partial charge in [0.05, 0.1) is 12.2 Å². The number of nitrogens with one attached hydrogen (secondary N) is 1. The van der Waals surface area contributed by atoms with E-state index < -0.39 is 0 Å². The van der Waals surface area contributed by atoms with Gasteiger partial charge in [0.15, 0.2) is 0 Å². The molecule has 110 valence electrons. The summed E-state index contributed by atoms with van der Waals surface area (Å²) in [6, 6.07) is 0. The second-order valence-corrected chi connectivity index (χ2v) is 7.68. The number of rotatable bonds is 2. The Morgan fingerprint density at radius 3 is 2.58 bits per heavy atom. The summed E-state index contributed by atoms with van der Waals surface area (Å²) in [5.41, 5.74) is 0.683. The van der Waals surface area contributed by atoms with Crippen LogP contribution < -0.4 is 5.32 Å². The van der Waals surface area contributed by atoms with Crippen molar-refractivity contribution in [2.75, 3.05) is 19.6 Å². The minimum absolute atomic E-state index is 0.267. The Morgan fingerprint density at radius 2 is 1.95 bits per heavy atom. The van der Waals surface area contributed by atoms with E-state index in [4.69, 9.17) is 4.74 Å². The molecule has 3 fully saturated rings. The molecular formula is C16H30N2O. The highest BCUT2D eigenvalue weighted by molar-refractivity contribution is 5.04. The Kier molecular flexibility index (Phi) is 3.65. The second-order valence-electron chi connectivity index (χ2n) is 7.68. The SMILES string of the molecule is CC1CCC(CN2CC3(CCCC3)NCC2(C)C)O1. The molecule has 2 aliphatic heterocycles. The molecular weight excluding hydrogens is 236 g/mol. The van der Waals surface area contributed by atoms with Crippen LogP contribution in [0.15, 0.2) is 0 Å². The normalized spacial score (nSPS) is 38.1. The third-order valence-electron chi connectivity index (χ3n) is 5.55. The molecule has 2 saturated heterocycles. The Labute approximate surface area is 118 Å². The Hall–Kier alpha value is -0.120. The molecule has 3 heteroatoms. The lowest BCUT2D eigenvalue weighted by Gasteiger charge is -2.51. The van der Waals surface area contributed by atoms with Gasteiger partial charge in [0.2, 0.25) is 0 Å². The van der Waals surface area contributed by atoms with Gasteiger partial charge in [-0.05, 0) is 46.5 Å². The topological polar surface area (TPSA) is 24.5 Å². The molecule has 3 aliphatic rings. The molecule has 2 atom stereocenters. The van der Waals surface area contributed by atoms with Crippen molar-refractivity contribution in [2.45, 2.75) is 82.6 Å². The molecule has 1 spiro atoms. The zero-order chi connectivity index (χ0) is 13.5. The molecule has 3 rings (SSSR count). The second kappa shape index (κ2) is 5.01. The minimum atomic E-state index is 0.267. The first-order valence-corrected chi connectivity index (χ1v) is 8.15. The van der Waals surface area contributed by atoms with E-state index >= 15 is 0 Å². The van der Waals surface area contributed by atoms with Gasteiger partial charge in [-0.2, -0.15) is 0 Å². The Morgan fingerprint density at radius 1 is 1.21 bits per heavy atom. The van der Waals surface area contributed by atoms with Gasteiger partial charge in [0.1, 0.15) is 0 Å². The highest BCUT2D eigenvalue weighted by atomic mass is 16.5. The highest BCUT2D eigenvalue weighted by Crippen LogP contribution is 2.36. The molecule has 0 aromatic heterocycles. The van der Waals surface area contributed by atoms with Crippen molar-refractivity contribution in [3.63, 3.8) is 0 Å². The van der Waals surface area contributed by atoms with E-state index in [-0.39, 0.29) is 5.54 Å². The van der Waals surface area contributed by atoms with Gasteiger partial charge >= 0.3 is 0 Å². The third-order valence-corrected chi connectivity index (χ3v) is 5.55. The lowest BCUT2D eigenvalue weighted by Crippen LogP contribution is -2.68. The molecule has 0 radical (unpaired) electrons. The van der Waals surface area contributed by atoms with Crippen LogP contribution in [0.1, 0.15) is 59.3 Å². The van der Waals surface area contributed by atoms with Crippen molar-refractivity contribution >= 4 is 0 Å². The third kappa shape index (κ3) is 2.84. The largest absolute Gasteiger partial charge is 0.374 e. The van der Waals surface area contributed by atoms with Crippen molar-refractivity contribution in [1.29, 1.82) is 0 Å². The van der Waals surface area contributed by atoms with Crippen LogP contribution in [0.4, 0.5) is 0 Å². The van der Waals surface area contributed by atoms with Crippen LogP contribution in [-0.4, -0.2) is 47.8 Å². The summed E-state index contributed by atoms with van der Waals surface area (Å²) in [6.07, 6.45) is 8.94. The molecule has 0 aromatic rings. The summed E-state index contributed by atoms with van der Waals surface area (Å²) in [7, 11) is 0. The maximum atomic E-state index is 6.05. The van der Waals surface area contributed by atoms with Crippen LogP contribution in [0.25, 0.3) is 0 Å². The summed E-state index contributed by atoms with van der Waals surface area (Å²) in [5, 5.41) is 3.87. The summed E-state index contributed by atoms with van der Waals surface area (Å²) in [4.78, 5) is 2.71. The number of ether oxygens (including phenoxy) is 1. The van der Waals surface area contributed by atoms with E-state index in [0.29, 0.717) is 17.7 Å². The van der Waals surface area contributed by atoms with E-state index in [2.05, 4.69) is 31.0 Å². The zero-order valence-electron chi connectivity index (χ0n) is 12.9. The van der Waals surface area contributed by atoms with Crippen LogP contribution in [-0.2, 0) is 4.74 Å². The molecule has 1 aliphatic carbocycles. The Bertz CT molecular complexity index is 323. The van der Waals surface area contributed by atoms with Crippen LogP contribution in [0, 0.1) is 0 Å². The lowest BCUT2D eigenvalue weighted by atomic mass is 9.87. The van der Waals surface area contributed by atoms with E-state index in [1.54, 1.807) is 0 Å². The minimum Gasteiger partial charge on any atom is -0.374 e. The average Bonchev–Trinajstić information content (AvgIpc) is 2.95. The average molecular weight is 266 g/mol. The standard InChI is InChI=1S/C16H30N2O/c1-13-6-7-14(19-13)10-18-12-16(8-4-5-9-16)17-11-15(18,2)3/h13-14,17H,4-12H2,1-3H3. The molecule has 0 bridgehead atoms. The van der Waals surface area contributed by atoms with Crippen LogP contribution in [0.3, 0.4) is 0 Å². The summed E-state index contributed by atoms with van der Waals surface area (Å²) in [6.45, 7) is 10.4. The van der Waals surface area contributed by atoms with Crippen molar-refractivity contribution in [2.24, 2.45) is 0 Å².